The number of methoxy groups -OCH3 is 3. The number of alkyl halides is 3. The van der Waals surface area contributed by atoms with Gasteiger partial charge in [0.25, 0.3) is 0 Å². The molecule has 3 aromatic carbocycles. The monoisotopic (exact) mass is 515 g/mol. The SMILES string of the molecule is COc1ccc(CC(=O)N2CCc3cc(OC)c(OC)cc3C2COc2cccc(C(F)(F)F)c2)cc1. The molecule has 9 heteroatoms. The number of nitrogens with zero attached hydrogens (tertiary/aromatic N) is 1. The molecule has 0 saturated heterocycles. The van der Waals surface area contributed by atoms with E-state index in [-0.39, 0.29) is 24.7 Å². The lowest BCUT2D eigenvalue weighted by Gasteiger charge is -2.37. The van der Waals surface area contributed by atoms with E-state index in [9.17, 15) is 18.0 Å². The van der Waals surface area contributed by atoms with Crippen LogP contribution in [0.4, 0.5) is 13.2 Å². The van der Waals surface area contributed by atoms with Crippen LogP contribution >= 0.6 is 0 Å². The molecule has 0 radical (unpaired) electrons. The van der Waals surface area contributed by atoms with Crippen molar-refractivity contribution < 1.29 is 36.9 Å². The molecule has 0 saturated carbocycles. The number of ether oxygens (including phenoxy) is 4. The van der Waals surface area contributed by atoms with Crippen molar-refractivity contribution in [1.82, 2.24) is 4.90 Å². The van der Waals surface area contributed by atoms with Crippen LogP contribution in [0, 0.1) is 0 Å². The van der Waals surface area contributed by atoms with Gasteiger partial charge >= 0.3 is 6.18 Å². The van der Waals surface area contributed by atoms with Crippen molar-refractivity contribution in [2.45, 2.75) is 25.1 Å². The van der Waals surface area contributed by atoms with Gasteiger partial charge < -0.3 is 23.8 Å². The summed E-state index contributed by atoms with van der Waals surface area (Å²) in [5.41, 5.74) is 1.79. The zero-order valence-electron chi connectivity index (χ0n) is 20.8. The molecule has 0 N–H and O–H groups in total. The van der Waals surface area contributed by atoms with Gasteiger partial charge in [0.05, 0.1) is 39.4 Å². The molecule has 0 bridgehead atoms. The van der Waals surface area contributed by atoms with Crippen LogP contribution < -0.4 is 18.9 Å². The van der Waals surface area contributed by atoms with Gasteiger partial charge in [0.15, 0.2) is 11.5 Å². The molecule has 1 aliphatic heterocycles. The largest absolute Gasteiger partial charge is 0.497 e. The minimum absolute atomic E-state index is 0.0296. The zero-order valence-corrected chi connectivity index (χ0v) is 20.8. The van der Waals surface area contributed by atoms with Gasteiger partial charge in [-0.05, 0) is 65.6 Å². The van der Waals surface area contributed by atoms with E-state index in [1.165, 1.54) is 19.2 Å². The topological polar surface area (TPSA) is 57.2 Å². The van der Waals surface area contributed by atoms with Crippen LogP contribution in [-0.4, -0.2) is 45.3 Å². The molecule has 1 atom stereocenters. The number of carbonyl (C=O) groups excluding carboxylic acids is 1. The maximum Gasteiger partial charge on any atom is 0.416 e. The van der Waals surface area contributed by atoms with E-state index in [0.717, 1.165) is 28.8 Å². The highest BCUT2D eigenvalue weighted by molar-refractivity contribution is 5.80. The van der Waals surface area contributed by atoms with Crippen LogP contribution in [0.1, 0.15) is 28.3 Å². The third kappa shape index (κ3) is 5.93. The van der Waals surface area contributed by atoms with Crippen LogP contribution in [0.5, 0.6) is 23.0 Å². The van der Waals surface area contributed by atoms with E-state index >= 15 is 0 Å². The Morgan fingerprint density at radius 3 is 2.27 bits per heavy atom. The fraction of sp³-hybridized carbons (Fsp3) is 0.321. The molecule has 196 valence electrons. The van der Waals surface area contributed by atoms with Crippen LogP contribution in [0.15, 0.2) is 60.7 Å². The second kappa shape index (κ2) is 11.0. The first kappa shape index (κ1) is 26.2. The summed E-state index contributed by atoms with van der Waals surface area (Å²) in [6, 6.07) is 15.1. The molecule has 1 aliphatic rings. The van der Waals surface area contributed by atoms with Crippen molar-refractivity contribution in [1.29, 1.82) is 0 Å². The molecule has 1 amide bonds. The van der Waals surface area contributed by atoms with E-state index in [1.807, 2.05) is 18.2 Å². The highest BCUT2D eigenvalue weighted by atomic mass is 19.4. The lowest BCUT2D eigenvalue weighted by atomic mass is 9.91. The molecule has 1 heterocycles. The first-order valence-corrected chi connectivity index (χ1v) is 11.7. The molecule has 0 aromatic heterocycles. The number of benzene rings is 3. The Hall–Kier alpha value is -3.88. The Bertz CT molecular complexity index is 1240. The lowest BCUT2D eigenvalue weighted by Crippen LogP contribution is -2.43. The van der Waals surface area contributed by atoms with Crippen LogP contribution in [0.2, 0.25) is 0 Å². The van der Waals surface area contributed by atoms with Crippen molar-refractivity contribution in [3.63, 3.8) is 0 Å². The molecular weight excluding hydrogens is 487 g/mol. The number of hydrogen-bond donors (Lipinski definition) is 0. The standard InChI is InChI=1S/C28H28F3NO5/c1-34-21-9-7-18(8-10-21)13-27(33)32-12-11-19-14-25(35-2)26(36-3)16-23(19)24(32)17-37-22-6-4-5-20(15-22)28(29,30)31/h4-10,14-16,24H,11-13,17H2,1-3H3. The second-order valence-corrected chi connectivity index (χ2v) is 8.62. The molecule has 3 aromatic rings. The van der Waals surface area contributed by atoms with Crippen molar-refractivity contribution in [3.05, 3.63) is 82.9 Å². The van der Waals surface area contributed by atoms with Crippen molar-refractivity contribution in [2.24, 2.45) is 0 Å². The maximum absolute atomic E-state index is 13.5. The van der Waals surface area contributed by atoms with Crippen LogP contribution in [-0.2, 0) is 23.8 Å². The van der Waals surface area contributed by atoms with Gasteiger partial charge in [-0.25, -0.2) is 0 Å². The number of halogens is 3. The average molecular weight is 516 g/mol. The number of amides is 1. The molecular formula is C28H28F3NO5. The minimum atomic E-state index is -4.49. The Morgan fingerprint density at radius 2 is 1.62 bits per heavy atom. The van der Waals surface area contributed by atoms with E-state index in [1.54, 1.807) is 37.3 Å². The third-order valence-corrected chi connectivity index (χ3v) is 6.41. The Labute approximate surface area is 213 Å². The van der Waals surface area contributed by atoms with Gasteiger partial charge in [-0.2, -0.15) is 13.2 Å². The van der Waals surface area contributed by atoms with Gasteiger partial charge in [-0.3, -0.25) is 4.79 Å². The summed E-state index contributed by atoms with van der Waals surface area (Å²) in [7, 11) is 4.64. The number of carbonyl (C=O) groups is 1. The summed E-state index contributed by atoms with van der Waals surface area (Å²) in [5.74, 6) is 1.70. The number of hydrogen-bond acceptors (Lipinski definition) is 5. The molecule has 6 nitrogen and oxygen atoms in total. The van der Waals surface area contributed by atoms with Gasteiger partial charge in [-0.1, -0.05) is 18.2 Å². The Morgan fingerprint density at radius 1 is 0.919 bits per heavy atom. The quantitative estimate of drug-likeness (QED) is 0.398. The minimum Gasteiger partial charge on any atom is -0.497 e. The number of rotatable bonds is 8. The van der Waals surface area contributed by atoms with E-state index in [4.69, 9.17) is 18.9 Å². The predicted molar refractivity (Wildman–Crippen MR) is 131 cm³/mol. The summed E-state index contributed by atoms with van der Waals surface area (Å²) in [6.45, 7) is 0.395. The summed E-state index contributed by atoms with van der Waals surface area (Å²) >= 11 is 0. The van der Waals surface area contributed by atoms with Crippen LogP contribution in [0.25, 0.3) is 0 Å². The maximum atomic E-state index is 13.5. The van der Waals surface area contributed by atoms with Crippen molar-refractivity contribution in [3.8, 4) is 23.0 Å². The Kier molecular flexibility index (Phi) is 7.80. The molecule has 37 heavy (non-hydrogen) atoms. The van der Waals surface area contributed by atoms with E-state index in [2.05, 4.69) is 0 Å². The van der Waals surface area contributed by atoms with E-state index in [0.29, 0.717) is 30.2 Å². The molecule has 0 spiro atoms. The fourth-order valence-corrected chi connectivity index (χ4v) is 4.46. The summed E-state index contributed by atoms with van der Waals surface area (Å²) in [4.78, 5) is 15.2. The number of fused-ring (bicyclic) bond motifs is 1. The summed E-state index contributed by atoms with van der Waals surface area (Å²) in [6.07, 6.45) is -3.74. The lowest BCUT2D eigenvalue weighted by molar-refractivity contribution is -0.137. The summed E-state index contributed by atoms with van der Waals surface area (Å²) in [5, 5.41) is 0. The highest BCUT2D eigenvalue weighted by Crippen LogP contribution is 2.39. The predicted octanol–water partition coefficient (Wildman–Crippen LogP) is 5.48. The van der Waals surface area contributed by atoms with Gasteiger partial charge in [0, 0.05) is 6.54 Å². The highest BCUT2D eigenvalue weighted by Gasteiger charge is 2.34. The molecule has 0 aliphatic carbocycles. The van der Waals surface area contributed by atoms with Crippen LogP contribution in [0.3, 0.4) is 0 Å². The normalized spacial score (nSPS) is 15.1. The fourth-order valence-electron chi connectivity index (χ4n) is 4.46. The molecule has 0 fully saturated rings. The zero-order chi connectivity index (χ0) is 26.6. The first-order valence-electron chi connectivity index (χ1n) is 11.7. The van der Waals surface area contributed by atoms with Gasteiger partial charge in [0.2, 0.25) is 5.91 Å². The second-order valence-electron chi connectivity index (χ2n) is 8.62. The average Bonchev–Trinajstić information content (AvgIpc) is 2.90. The van der Waals surface area contributed by atoms with Gasteiger partial charge in [0.1, 0.15) is 18.1 Å². The van der Waals surface area contributed by atoms with Crippen molar-refractivity contribution >= 4 is 5.91 Å². The van der Waals surface area contributed by atoms with Gasteiger partial charge in [-0.15, -0.1) is 0 Å². The van der Waals surface area contributed by atoms with Crippen molar-refractivity contribution in [2.75, 3.05) is 34.5 Å². The van der Waals surface area contributed by atoms with E-state index < -0.39 is 17.8 Å². The Balaban J connectivity index is 1.63. The smallest absolute Gasteiger partial charge is 0.416 e. The first-order chi connectivity index (χ1) is 17.7. The third-order valence-electron chi connectivity index (χ3n) is 6.41. The summed E-state index contributed by atoms with van der Waals surface area (Å²) < 4.78 is 61.5. The molecule has 1 unspecified atom stereocenters. The molecule has 4 rings (SSSR count).